The molecule has 2 aromatic rings. The molecule has 6 heteroatoms. The summed E-state index contributed by atoms with van der Waals surface area (Å²) in [5, 5.41) is 11.9. The van der Waals surface area contributed by atoms with Crippen molar-refractivity contribution >= 4 is 35.7 Å². The Bertz CT molecular complexity index is 541. The summed E-state index contributed by atoms with van der Waals surface area (Å²) in [5.41, 5.74) is 1.29. The lowest BCUT2D eigenvalue weighted by molar-refractivity contribution is -0.138. The highest BCUT2D eigenvalue weighted by Crippen LogP contribution is 2.24. The largest absolute Gasteiger partial charge is 0.480 e. The number of aliphatic carboxylic acids is 1. The summed E-state index contributed by atoms with van der Waals surface area (Å²) in [6.45, 7) is 3.43. The van der Waals surface area contributed by atoms with Crippen molar-refractivity contribution < 1.29 is 14.3 Å². The highest BCUT2D eigenvalue weighted by molar-refractivity contribution is 7.81. The Kier molecular flexibility index (Phi) is 3.21. The lowest BCUT2D eigenvalue weighted by Crippen LogP contribution is -2.44. The molecular weight excluding hydrogens is 252 g/mol. The van der Waals surface area contributed by atoms with Gasteiger partial charge in [-0.3, -0.25) is 0 Å². The summed E-state index contributed by atoms with van der Waals surface area (Å²) in [6, 6.07) is 6.53. The topological polar surface area (TPSA) is 75.4 Å². The third-order valence-electron chi connectivity index (χ3n) is 2.52. The Morgan fingerprint density at radius 1 is 1.50 bits per heavy atom. The van der Waals surface area contributed by atoms with Crippen LogP contribution in [0.25, 0.3) is 11.1 Å². The summed E-state index contributed by atoms with van der Waals surface area (Å²) in [4.78, 5) is 15.4. The van der Waals surface area contributed by atoms with E-state index in [-0.39, 0.29) is 6.01 Å². The Morgan fingerprint density at radius 3 is 2.72 bits per heavy atom. The number of thiol groups is 1. The Hall–Kier alpha value is -1.69. The van der Waals surface area contributed by atoms with Crippen LogP contribution >= 0.6 is 12.6 Å². The zero-order chi connectivity index (χ0) is 13.3. The molecule has 0 bridgehead atoms. The summed E-state index contributed by atoms with van der Waals surface area (Å²) >= 11 is 4.27. The number of hydrogen-bond acceptors (Lipinski definition) is 5. The number of fused-ring (bicyclic) bond motifs is 1. The maximum absolute atomic E-state index is 11.2. The van der Waals surface area contributed by atoms with Crippen LogP contribution < -0.4 is 5.32 Å². The van der Waals surface area contributed by atoms with E-state index >= 15 is 0 Å². The Balaban J connectivity index is 2.29. The number of rotatable bonds is 4. The molecule has 0 aliphatic heterocycles. The Morgan fingerprint density at radius 2 is 2.17 bits per heavy atom. The molecule has 1 aromatic heterocycles. The van der Waals surface area contributed by atoms with Crippen molar-refractivity contribution in [2.45, 2.75) is 24.6 Å². The predicted molar refractivity (Wildman–Crippen MR) is 72.1 cm³/mol. The summed E-state index contributed by atoms with van der Waals surface area (Å²) in [6.07, 6.45) is 0. The van der Waals surface area contributed by atoms with Crippen LogP contribution in [0.1, 0.15) is 13.8 Å². The number of para-hydroxylation sites is 2. The molecular formula is C12H14N2O3S. The van der Waals surface area contributed by atoms with Crippen molar-refractivity contribution in [2.24, 2.45) is 0 Å². The minimum Gasteiger partial charge on any atom is -0.480 e. The lowest BCUT2D eigenvalue weighted by atomic mass is 10.0. The van der Waals surface area contributed by atoms with Crippen LogP contribution in [0.4, 0.5) is 6.01 Å². The molecule has 1 unspecified atom stereocenters. The van der Waals surface area contributed by atoms with Crippen LogP contribution in [-0.2, 0) is 4.79 Å². The predicted octanol–water partition coefficient (Wildman–Crippen LogP) is 2.40. The first-order valence-corrected chi connectivity index (χ1v) is 5.90. The fourth-order valence-corrected chi connectivity index (χ4v) is 1.77. The number of carboxylic acids is 1. The number of anilines is 1. The molecule has 96 valence electrons. The van der Waals surface area contributed by atoms with Gasteiger partial charge in [-0.05, 0) is 26.0 Å². The first-order valence-electron chi connectivity index (χ1n) is 5.45. The maximum Gasteiger partial charge on any atom is 0.327 e. The van der Waals surface area contributed by atoms with Crippen molar-refractivity contribution in [1.82, 2.24) is 4.98 Å². The number of oxazole rings is 1. The highest BCUT2D eigenvalue weighted by atomic mass is 32.1. The average Bonchev–Trinajstić information content (AvgIpc) is 2.66. The van der Waals surface area contributed by atoms with Gasteiger partial charge in [0.05, 0.1) is 0 Å². The van der Waals surface area contributed by atoms with Crippen molar-refractivity contribution in [3.63, 3.8) is 0 Å². The fourth-order valence-electron chi connectivity index (χ4n) is 1.60. The van der Waals surface area contributed by atoms with E-state index < -0.39 is 16.8 Å². The van der Waals surface area contributed by atoms with Gasteiger partial charge in [0.2, 0.25) is 0 Å². The van der Waals surface area contributed by atoms with E-state index in [4.69, 9.17) is 9.52 Å². The maximum atomic E-state index is 11.2. The number of aromatic nitrogens is 1. The summed E-state index contributed by atoms with van der Waals surface area (Å²) in [5.74, 6) is -1.00. The van der Waals surface area contributed by atoms with Gasteiger partial charge in [0, 0.05) is 4.75 Å². The minimum absolute atomic E-state index is 0.186. The summed E-state index contributed by atoms with van der Waals surface area (Å²) < 4.78 is 4.68. The van der Waals surface area contributed by atoms with E-state index in [1.165, 1.54) is 0 Å². The van der Waals surface area contributed by atoms with E-state index in [9.17, 15) is 4.79 Å². The molecule has 0 saturated carbocycles. The lowest BCUT2D eigenvalue weighted by Gasteiger charge is -2.25. The first kappa shape index (κ1) is 12.8. The molecule has 0 aliphatic carbocycles. The van der Waals surface area contributed by atoms with Gasteiger partial charge in [0.25, 0.3) is 6.01 Å². The molecule has 0 radical (unpaired) electrons. The second kappa shape index (κ2) is 4.53. The molecule has 0 amide bonds. The van der Waals surface area contributed by atoms with Crippen LogP contribution in [0.3, 0.4) is 0 Å². The van der Waals surface area contributed by atoms with Crippen LogP contribution in [0.2, 0.25) is 0 Å². The Labute approximate surface area is 110 Å². The normalized spacial score (nSPS) is 13.5. The standard InChI is InChI=1S/C12H14N2O3S/c1-12(2,18)9(10(15)16)14-11-13-7-5-3-4-6-8(7)17-11/h3-6,9,18H,1-2H3,(H,13,14)(H,15,16). The third kappa shape index (κ3) is 2.59. The minimum atomic E-state index is -1.00. The molecule has 18 heavy (non-hydrogen) atoms. The average molecular weight is 266 g/mol. The van der Waals surface area contributed by atoms with Crippen LogP contribution in [0, 0.1) is 0 Å². The molecule has 1 aromatic carbocycles. The van der Waals surface area contributed by atoms with Crippen molar-refractivity contribution in [1.29, 1.82) is 0 Å². The van der Waals surface area contributed by atoms with E-state index in [2.05, 4.69) is 22.9 Å². The second-order valence-corrected chi connectivity index (χ2v) is 5.71. The smallest absolute Gasteiger partial charge is 0.327 e. The molecule has 0 saturated heterocycles. The van der Waals surface area contributed by atoms with E-state index in [1.54, 1.807) is 26.0 Å². The number of hydrogen-bond donors (Lipinski definition) is 3. The summed E-state index contributed by atoms with van der Waals surface area (Å²) in [7, 11) is 0. The van der Waals surface area contributed by atoms with Gasteiger partial charge in [-0.25, -0.2) is 4.79 Å². The van der Waals surface area contributed by atoms with Crippen LogP contribution in [0.5, 0.6) is 0 Å². The number of carboxylic acid groups (broad SMARTS) is 1. The zero-order valence-electron chi connectivity index (χ0n) is 10.0. The van der Waals surface area contributed by atoms with Crippen molar-refractivity contribution in [2.75, 3.05) is 5.32 Å². The van der Waals surface area contributed by atoms with Gasteiger partial charge >= 0.3 is 5.97 Å². The van der Waals surface area contributed by atoms with Crippen LogP contribution in [-0.4, -0.2) is 26.8 Å². The molecule has 1 atom stereocenters. The van der Waals surface area contributed by atoms with Gasteiger partial charge in [0.15, 0.2) is 5.58 Å². The number of nitrogens with one attached hydrogen (secondary N) is 1. The molecule has 2 rings (SSSR count). The number of carbonyl (C=O) groups is 1. The van der Waals surface area contributed by atoms with Gasteiger partial charge in [-0.1, -0.05) is 12.1 Å². The van der Waals surface area contributed by atoms with Gasteiger partial charge in [0.1, 0.15) is 11.6 Å². The van der Waals surface area contributed by atoms with Gasteiger partial charge in [-0.15, -0.1) is 0 Å². The van der Waals surface area contributed by atoms with Crippen molar-refractivity contribution in [3.05, 3.63) is 24.3 Å². The number of benzene rings is 1. The third-order valence-corrected chi connectivity index (χ3v) is 2.77. The fraction of sp³-hybridized carbons (Fsp3) is 0.333. The monoisotopic (exact) mass is 266 g/mol. The molecule has 2 N–H and O–H groups in total. The molecule has 5 nitrogen and oxygen atoms in total. The van der Waals surface area contributed by atoms with Gasteiger partial charge < -0.3 is 14.8 Å². The molecule has 0 spiro atoms. The highest BCUT2D eigenvalue weighted by Gasteiger charge is 2.33. The second-order valence-electron chi connectivity index (χ2n) is 4.56. The van der Waals surface area contributed by atoms with Crippen molar-refractivity contribution in [3.8, 4) is 0 Å². The quantitative estimate of drug-likeness (QED) is 0.741. The van der Waals surface area contributed by atoms with Gasteiger partial charge in [-0.2, -0.15) is 17.6 Å². The molecule has 0 fully saturated rings. The van der Waals surface area contributed by atoms with E-state index in [0.717, 1.165) is 0 Å². The first-order chi connectivity index (χ1) is 8.38. The van der Waals surface area contributed by atoms with E-state index in [1.807, 2.05) is 12.1 Å². The molecule has 1 heterocycles. The van der Waals surface area contributed by atoms with Crippen LogP contribution in [0.15, 0.2) is 28.7 Å². The van der Waals surface area contributed by atoms with E-state index in [0.29, 0.717) is 11.1 Å². The molecule has 0 aliphatic rings. The SMILES string of the molecule is CC(C)(S)C(Nc1nc2ccccc2o1)C(=O)O. The zero-order valence-corrected chi connectivity index (χ0v) is 10.9. The number of nitrogens with zero attached hydrogens (tertiary/aromatic N) is 1.